The van der Waals surface area contributed by atoms with E-state index < -0.39 is 4.87 Å². The number of fused-ring (bicyclic) bond motifs is 1. The molecule has 2 aliphatic rings. The van der Waals surface area contributed by atoms with Gasteiger partial charge in [-0.25, -0.2) is 20.0 Å². The highest BCUT2D eigenvalue weighted by Crippen LogP contribution is 2.22. The van der Waals surface area contributed by atoms with Gasteiger partial charge < -0.3 is 0 Å². The van der Waals surface area contributed by atoms with Crippen molar-refractivity contribution in [3.63, 3.8) is 0 Å². The second-order valence-electron chi connectivity index (χ2n) is 1.95. The van der Waals surface area contributed by atoms with Gasteiger partial charge in [-0.3, -0.25) is 0 Å². The van der Waals surface area contributed by atoms with Crippen LogP contribution >= 0.6 is 12.6 Å². The maximum atomic E-state index is 4.22. The van der Waals surface area contributed by atoms with E-state index >= 15 is 0 Å². The molecule has 0 aromatic heterocycles. The molecule has 0 aromatic rings. The van der Waals surface area contributed by atoms with Gasteiger partial charge in [-0.1, -0.05) is 0 Å². The van der Waals surface area contributed by atoms with Crippen LogP contribution in [0.3, 0.4) is 0 Å². The lowest BCUT2D eigenvalue weighted by Gasteiger charge is -2.14. The highest BCUT2D eigenvalue weighted by atomic mass is 32.1. The lowest BCUT2D eigenvalue weighted by Crippen LogP contribution is -2.30. The van der Waals surface area contributed by atoms with Crippen molar-refractivity contribution in [3.8, 4) is 0 Å². The third-order valence-electron chi connectivity index (χ3n) is 1.26. The molecule has 2 aliphatic heterocycles. The van der Waals surface area contributed by atoms with Gasteiger partial charge in [-0.2, -0.15) is 0 Å². The first-order valence-electron chi connectivity index (χ1n) is 2.72. The lowest BCUT2D eigenvalue weighted by molar-refractivity contribution is 1.10. The Morgan fingerprint density at radius 2 is 2.30 bits per heavy atom. The SMILES string of the molecule is SC12C=NC=NC1=NC=N2. The first-order chi connectivity index (χ1) is 4.81. The van der Waals surface area contributed by atoms with E-state index in [9.17, 15) is 0 Å². The van der Waals surface area contributed by atoms with E-state index in [1.807, 2.05) is 0 Å². The van der Waals surface area contributed by atoms with Crippen molar-refractivity contribution in [2.45, 2.75) is 4.87 Å². The van der Waals surface area contributed by atoms with Gasteiger partial charge in [-0.15, -0.1) is 12.6 Å². The summed E-state index contributed by atoms with van der Waals surface area (Å²) in [5.41, 5.74) is 0. The number of hydrogen-bond acceptors (Lipinski definition) is 5. The molecule has 50 valence electrons. The third kappa shape index (κ3) is 0.637. The average Bonchev–Trinajstić information content (AvgIpc) is 2.29. The van der Waals surface area contributed by atoms with Crippen LogP contribution in [-0.4, -0.2) is 29.6 Å². The lowest BCUT2D eigenvalue weighted by atomic mass is 10.3. The summed E-state index contributed by atoms with van der Waals surface area (Å²) in [6.45, 7) is 0. The Morgan fingerprint density at radius 3 is 3.10 bits per heavy atom. The van der Waals surface area contributed by atoms with Gasteiger partial charge in [-0.05, 0) is 0 Å². The largest absolute Gasteiger partial charge is 0.245 e. The Labute approximate surface area is 62.9 Å². The summed E-state index contributed by atoms with van der Waals surface area (Å²) in [6.07, 6.45) is 4.48. The van der Waals surface area contributed by atoms with E-state index in [2.05, 4.69) is 32.6 Å². The molecule has 0 bridgehead atoms. The standard InChI is InChI=1S/C5H4N4S/c10-5-1-6-2-7-4(5)8-3-9-5/h1-3,10H. The summed E-state index contributed by atoms with van der Waals surface area (Å²) < 4.78 is 0. The van der Waals surface area contributed by atoms with Crippen molar-refractivity contribution in [3.05, 3.63) is 0 Å². The molecule has 0 N–H and O–H groups in total. The Kier molecular flexibility index (Phi) is 1.02. The monoisotopic (exact) mass is 152 g/mol. The van der Waals surface area contributed by atoms with Crippen molar-refractivity contribution < 1.29 is 0 Å². The van der Waals surface area contributed by atoms with Gasteiger partial charge in [0.05, 0.1) is 6.21 Å². The highest BCUT2D eigenvalue weighted by molar-refractivity contribution is 7.83. The summed E-state index contributed by atoms with van der Waals surface area (Å²) in [6, 6.07) is 0. The molecule has 1 unspecified atom stereocenters. The van der Waals surface area contributed by atoms with E-state index in [4.69, 9.17) is 0 Å². The van der Waals surface area contributed by atoms with Crippen molar-refractivity contribution in [1.29, 1.82) is 0 Å². The molecule has 4 nitrogen and oxygen atoms in total. The van der Waals surface area contributed by atoms with Gasteiger partial charge >= 0.3 is 0 Å². The fourth-order valence-electron chi connectivity index (χ4n) is 0.769. The molecule has 0 spiro atoms. The number of nitrogens with zero attached hydrogens (tertiary/aromatic N) is 4. The van der Waals surface area contributed by atoms with Gasteiger partial charge in [0.15, 0.2) is 10.7 Å². The Bertz CT molecular complexity index is 277. The Morgan fingerprint density at radius 1 is 1.40 bits per heavy atom. The van der Waals surface area contributed by atoms with Crippen LogP contribution in [0.2, 0.25) is 0 Å². The average molecular weight is 152 g/mol. The van der Waals surface area contributed by atoms with Crippen molar-refractivity contribution >= 4 is 37.4 Å². The van der Waals surface area contributed by atoms with E-state index in [-0.39, 0.29) is 0 Å². The minimum absolute atomic E-state index is 0.589. The quantitative estimate of drug-likeness (QED) is 0.481. The molecule has 0 aromatic carbocycles. The molecule has 0 radical (unpaired) electrons. The first-order valence-corrected chi connectivity index (χ1v) is 3.17. The van der Waals surface area contributed by atoms with Crippen LogP contribution in [0.15, 0.2) is 20.0 Å². The molecule has 2 rings (SSSR count). The van der Waals surface area contributed by atoms with E-state index in [0.717, 1.165) is 0 Å². The van der Waals surface area contributed by atoms with Gasteiger partial charge in [0.25, 0.3) is 0 Å². The smallest absolute Gasteiger partial charge is 0.199 e. The number of aliphatic imine (C=N–C) groups is 4. The molecular formula is C5H4N4S. The van der Waals surface area contributed by atoms with Gasteiger partial charge in [0.2, 0.25) is 0 Å². The maximum Gasteiger partial charge on any atom is 0.199 e. The molecule has 0 saturated carbocycles. The summed E-state index contributed by atoms with van der Waals surface area (Å²) in [4.78, 5) is 14.9. The zero-order chi connectivity index (χ0) is 7.03. The summed E-state index contributed by atoms with van der Waals surface area (Å²) in [7, 11) is 0. The number of hydrogen-bond donors (Lipinski definition) is 1. The number of amidine groups is 1. The van der Waals surface area contributed by atoms with Crippen molar-refractivity contribution in [2.24, 2.45) is 20.0 Å². The molecule has 0 saturated heterocycles. The first kappa shape index (κ1) is 5.79. The van der Waals surface area contributed by atoms with E-state index in [1.54, 1.807) is 6.21 Å². The fraction of sp³-hybridized carbons (Fsp3) is 0.200. The maximum absolute atomic E-state index is 4.22. The Hall–Kier alpha value is -0.970. The molecule has 0 fully saturated rings. The van der Waals surface area contributed by atoms with E-state index in [1.165, 1.54) is 12.7 Å². The molecule has 2 heterocycles. The van der Waals surface area contributed by atoms with Gasteiger partial charge in [0, 0.05) is 0 Å². The fourth-order valence-corrected chi connectivity index (χ4v) is 1.00. The van der Waals surface area contributed by atoms with Gasteiger partial charge in [0.1, 0.15) is 12.7 Å². The van der Waals surface area contributed by atoms with Crippen LogP contribution < -0.4 is 0 Å². The molecule has 1 atom stereocenters. The predicted molar refractivity (Wildman–Crippen MR) is 44.6 cm³/mol. The van der Waals surface area contributed by atoms with Crippen LogP contribution in [0.4, 0.5) is 0 Å². The molecule has 0 aliphatic carbocycles. The van der Waals surface area contributed by atoms with Crippen LogP contribution in [0.1, 0.15) is 0 Å². The number of thiol groups is 1. The van der Waals surface area contributed by atoms with Crippen LogP contribution in [0.25, 0.3) is 0 Å². The van der Waals surface area contributed by atoms with Crippen molar-refractivity contribution in [2.75, 3.05) is 0 Å². The zero-order valence-corrected chi connectivity index (χ0v) is 5.86. The molecular weight excluding hydrogens is 148 g/mol. The highest BCUT2D eigenvalue weighted by Gasteiger charge is 2.33. The second-order valence-corrected chi connectivity index (χ2v) is 2.63. The Balaban J connectivity index is 2.51. The third-order valence-corrected chi connectivity index (χ3v) is 1.70. The minimum atomic E-state index is -0.686. The predicted octanol–water partition coefficient (Wildman–Crippen LogP) is 0.166. The van der Waals surface area contributed by atoms with Crippen LogP contribution in [0, 0.1) is 0 Å². The van der Waals surface area contributed by atoms with E-state index in [0.29, 0.717) is 5.84 Å². The summed E-state index contributed by atoms with van der Waals surface area (Å²) >= 11 is 4.22. The number of rotatable bonds is 0. The summed E-state index contributed by atoms with van der Waals surface area (Å²) in [5.74, 6) is 0.589. The normalized spacial score (nSPS) is 34.3. The van der Waals surface area contributed by atoms with Crippen molar-refractivity contribution in [1.82, 2.24) is 0 Å². The van der Waals surface area contributed by atoms with Crippen LogP contribution in [-0.2, 0) is 0 Å². The zero-order valence-electron chi connectivity index (χ0n) is 4.97. The topological polar surface area (TPSA) is 49.4 Å². The minimum Gasteiger partial charge on any atom is -0.245 e. The summed E-state index contributed by atoms with van der Waals surface area (Å²) in [5, 5.41) is 0. The van der Waals surface area contributed by atoms with Crippen LogP contribution in [0.5, 0.6) is 0 Å². The molecule has 0 amide bonds. The molecule has 10 heavy (non-hydrogen) atoms. The second kappa shape index (κ2) is 1.76. The molecule has 5 heteroatoms.